The third kappa shape index (κ3) is 13.0. The molecule has 0 fully saturated rings. The minimum atomic E-state index is -0.0358. The Labute approximate surface area is 128 Å². The summed E-state index contributed by atoms with van der Waals surface area (Å²) in [4.78, 5) is 0. The molecule has 1 N–H and O–H groups in total. The summed E-state index contributed by atoms with van der Waals surface area (Å²) in [6, 6.07) is 0. The lowest BCUT2D eigenvalue weighted by Gasteiger charge is -2.17. The Morgan fingerprint density at radius 1 is 0.550 bits per heavy atom. The van der Waals surface area contributed by atoms with E-state index in [2.05, 4.69) is 20.8 Å². The number of unbranched alkanes of at least 4 members (excludes halogenated alkanes) is 5. The SMILES string of the molecule is CCCCCC(O)CCCCC(CCCC)CCCC. The lowest BCUT2D eigenvalue weighted by molar-refractivity contribution is 0.146. The Hall–Kier alpha value is -0.0400. The predicted molar refractivity (Wildman–Crippen MR) is 91.2 cm³/mol. The van der Waals surface area contributed by atoms with Crippen LogP contribution in [0.25, 0.3) is 0 Å². The number of hydrogen-bond acceptors (Lipinski definition) is 1. The largest absolute Gasteiger partial charge is 0.393 e. The maximum absolute atomic E-state index is 9.92. The molecule has 0 spiro atoms. The van der Waals surface area contributed by atoms with Gasteiger partial charge in [0.1, 0.15) is 0 Å². The van der Waals surface area contributed by atoms with Crippen molar-refractivity contribution in [2.24, 2.45) is 5.92 Å². The first-order valence-electron chi connectivity index (χ1n) is 9.42. The summed E-state index contributed by atoms with van der Waals surface area (Å²) in [5.74, 6) is 0.951. The first kappa shape index (κ1) is 20.0. The lowest BCUT2D eigenvalue weighted by Crippen LogP contribution is -2.07. The van der Waals surface area contributed by atoms with Crippen molar-refractivity contribution >= 4 is 0 Å². The minimum absolute atomic E-state index is 0.0358. The summed E-state index contributed by atoms with van der Waals surface area (Å²) in [7, 11) is 0. The molecule has 0 aliphatic heterocycles. The highest BCUT2D eigenvalue weighted by atomic mass is 16.3. The Morgan fingerprint density at radius 2 is 0.950 bits per heavy atom. The summed E-state index contributed by atoms with van der Waals surface area (Å²) in [6.07, 6.45) is 18.0. The Balaban J connectivity index is 3.59. The molecular weight excluding hydrogens is 244 g/mol. The van der Waals surface area contributed by atoms with Gasteiger partial charge in [0.15, 0.2) is 0 Å². The molecule has 0 aliphatic carbocycles. The molecule has 0 radical (unpaired) electrons. The maximum Gasteiger partial charge on any atom is 0.0540 e. The monoisotopic (exact) mass is 284 g/mol. The molecule has 0 aromatic heterocycles. The molecule has 0 rings (SSSR count). The van der Waals surface area contributed by atoms with Crippen LogP contribution >= 0.6 is 0 Å². The molecule has 1 heteroatoms. The molecule has 0 bridgehead atoms. The molecule has 1 atom stereocenters. The fourth-order valence-electron chi connectivity index (χ4n) is 3.01. The molecule has 0 saturated carbocycles. The van der Waals surface area contributed by atoms with Crippen molar-refractivity contribution in [1.82, 2.24) is 0 Å². The third-order valence-corrected chi connectivity index (χ3v) is 4.47. The van der Waals surface area contributed by atoms with Crippen LogP contribution in [0.4, 0.5) is 0 Å². The van der Waals surface area contributed by atoms with Crippen molar-refractivity contribution in [2.75, 3.05) is 0 Å². The van der Waals surface area contributed by atoms with E-state index in [1.165, 1.54) is 77.0 Å². The number of rotatable bonds is 15. The third-order valence-electron chi connectivity index (χ3n) is 4.47. The zero-order valence-corrected chi connectivity index (χ0v) is 14.5. The first-order chi connectivity index (χ1) is 9.74. The normalized spacial score (nSPS) is 13.1. The van der Waals surface area contributed by atoms with Crippen LogP contribution in [0.15, 0.2) is 0 Å². The summed E-state index contributed by atoms with van der Waals surface area (Å²) in [6.45, 7) is 6.81. The molecule has 0 amide bonds. The van der Waals surface area contributed by atoms with Crippen molar-refractivity contribution in [1.29, 1.82) is 0 Å². The molecular formula is C19H40O. The molecule has 0 heterocycles. The van der Waals surface area contributed by atoms with E-state index in [9.17, 15) is 5.11 Å². The fraction of sp³-hybridized carbons (Fsp3) is 1.00. The van der Waals surface area contributed by atoms with Gasteiger partial charge in [-0.2, -0.15) is 0 Å². The second kappa shape index (κ2) is 15.4. The van der Waals surface area contributed by atoms with E-state index < -0.39 is 0 Å². The van der Waals surface area contributed by atoms with Gasteiger partial charge in [-0.15, -0.1) is 0 Å². The predicted octanol–water partition coefficient (Wildman–Crippen LogP) is 6.48. The topological polar surface area (TPSA) is 20.2 Å². The van der Waals surface area contributed by atoms with Gasteiger partial charge in [-0.05, 0) is 18.8 Å². The van der Waals surface area contributed by atoms with Gasteiger partial charge in [0.25, 0.3) is 0 Å². The van der Waals surface area contributed by atoms with E-state index in [1.807, 2.05) is 0 Å². The number of aliphatic hydroxyl groups excluding tert-OH is 1. The van der Waals surface area contributed by atoms with Crippen LogP contribution in [0.2, 0.25) is 0 Å². The first-order valence-corrected chi connectivity index (χ1v) is 9.42. The fourth-order valence-corrected chi connectivity index (χ4v) is 3.01. The molecule has 122 valence electrons. The van der Waals surface area contributed by atoms with Crippen LogP contribution < -0.4 is 0 Å². The zero-order valence-electron chi connectivity index (χ0n) is 14.5. The standard InChI is InChI=1S/C19H40O/c1-4-7-10-16-19(20)17-12-11-15-18(13-8-5-2)14-9-6-3/h18-20H,4-17H2,1-3H3. The molecule has 0 aromatic rings. The molecule has 1 unspecified atom stereocenters. The summed E-state index contributed by atoms with van der Waals surface area (Å²) in [5, 5.41) is 9.92. The van der Waals surface area contributed by atoms with Gasteiger partial charge in [0.2, 0.25) is 0 Å². The van der Waals surface area contributed by atoms with Crippen molar-refractivity contribution in [2.45, 2.75) is 117 Å². The van der Waals surface area contributed by atoms with Crippen LogP contribution in [-0.4, -0.2) is 11.2 Å². The van der Waals surface area contributed by atoms with Crippen molar-refractivity contribution in [3.05, 3.63) is 0 Å². The van der Waals surface area contributed by atoms with Gasteiger partial charge in [0, 0.05) is 0 Å². The van der Waals surface area contributed by atoms with E-state index in [4.69, 9.17) is 0 Å². The summed E-state index contributed by atoms with van der Waals surface area (Å²) in [5.41, 5.74) is 0. The molecule has 20 heavy (non-hydrogen) atoms. The number of hydrogen-bond donors (Lipinski definition) is 1. The van der Waals surface area contributed by atoms with Crippen LogP contribution in [0.1, 0.15) is 111 Å². The molecule has 0 aliphatic rings. The van der Waals surface area contributed by atoms with Gasteiger partial charge in [-0.1, -0.05) is 97.8 Å². The van der Waals surface area contributed by atoms with Gasteiger partial charge < -0.3 is 5.11 Å². The number of aliphatic hydroxyl groups is 1. The van der Waals surface area contributed by atoms with Gasteiger partial charge in [-0.25, -0.2) is 0 Å². The Morgan fingerprint density at radius 3 is 1.45 bits per heavy atom. The second-order valence-corrected chi connectivity index (χ2v) is 6.58. The van der Waals surface area contributed by atoms with Crippen LogP contribution in [0.5, 0.6) is 0 Å². The highest BCUT2D eigenvalue weighted by Gasteiger charge is 2.09. The average Bonchev–Trinajstić information content (AvgIpc) is 2.45. The van der Waals surface area contributed by atoms with Crippen LogP contribution in [0, 0.1) is 5.92 Å². The highest BCUT2D eigenvalue weighted by molar-refractivity contribution is 4.62. The Kier molecular flexibility index (Phi) is 15.3. The smallest absolute Gasteiger partial charge is 0.0540 e. The molecule has 1 nitrogen and oxygen atoms in total. The maximum atomic E-state index is 9.92. The van der Waals surface area contributed by atoms with Crippen LogP contribution in [-0.2, 0) is 0 Å². The van der Waals surface area contributed by atoms with Gasteiger partial charge in [-0.3, -0.25) is 0 Å². The van der Waals surface area contributed by atoms with Gasteiger partial charge in [0.05, 0.1) is 6.10 Å². The zero-order chi connectivity index (χ0) is 15.1. The minimum Gasteiger partial charge on any atom is -0.393 e. The van der Waals surface area contributed by atoms with Crippen molar-refractivity contribution in [3.63, 3.8) is 0 Å². The highest BCUT2D eigenvalue weighted by Crippen LogP contribution is 2.23. The summed E-state index contributed by atoms with van der Waals surface area (Å²) < 4.78 is 0. The quantitative estimate of drug-likeness (QED) is 0.341. The lowest BCUT2D eigenvalue weighted by atomic mass is 9.90. The van der Waals surface area contributed by atoms with E-state index in [-0.39, 0.29) is 6.10 Å². The second-order valence-electron chi connectivity index (χ2n) is 6.58. The average molecular weight is 285 g/mol. The summed E-state index contributed by atoms with van der Waals surface area (Å²) >= 11 is 0. The molecule has 0 saturated heterocycles. The van der Waals surface area contributed by atoms with Crippen molar-refractivity contribution < 1.29 is 5.11 Å². The van der Waals surface area contributed by atoms with Gasteiger partial charge >= 0.3 is 0 Å². The molecule has 0 aromatic carbocycles. The van der Waals surface area contributed by atoms with Crippen LogP contribution in [0.3, 0.4) is 0 Å². The Bertz CT molecular complexity index is 171. The van der Waals surface area contributed by atoms with Crippen molar-refractivity contribution in [3.8, 4) is 0 Å². The van der Waals surface area contributed by atoms with E-state index in [0.29, 0.717) is 0 Å². The van der Waals surface area contributed by atoms with E-state index >= 15 is 0 Å². The van der Waals surface area contributed by atoms with E-state index in [0.717, 1.165) is 18.8 Å². The van der Waals surface area contributed by atoms with E-state index in [1.54, 1.807) is 0 Å².